The van der Waals surface area contributed by atoms with E-state index in [1.807, 2.05) is 18.3 Å². The molecule has 0 atom stereocenters. The summed E-state index contributed by atoms with van der Waals surface area (Å²) < 4.78 is 16.2. The highest BCUT2D eigenvalue weighted by molar-refractivity contribution is 9.10. The third kappa shape index (κ3) is 2.24. The molecule has 2 N–H and O–H groups in total. The first-order valence-electron chi connectivity index (χ1n) is 5.92. The molecule has 0 amide bonds. The van der Waals surface area contributed by atoms with Crippen LogP contribution in [0.3, 0.4) is 0 Å². The van der Waals surface area contributed by atoms with Crippen LogP contribution in [0, 0.1) is 5.82 Å². The van der Waals surface area contributed by atoms with Gasteiger partial charge >= 0.3 is 0 Å². The SMILES string of the molecule is Nc1cc(F)ccc1Cn1ccc2c(Br)cccc21. The third-order valence-corrected chi connectivity index (χ3v) is 3.90. The summed E-state index contributed by atoms with van der Waals surface area (Å²) in [5.74, 6) is -0.304. The Morgan fingerprint density at radius 1 is 1.16 bits per heavy atom. The van der Waals surface area contributed by atoms with Gasteiger partial charge in [-0.3, -0.25) is 0 Å². The molecule has 2 nitrogen and oxygen atoms in total. The van der Waals surface area contributed by atoms with Crippen LogP contribution in [0.1, 0.15) is 5.56 Å². The molecular weight excluding hydrogens is 307 g/mol. The normalized spacial score (nSPS) is 11.1. The fourth-order valence-electron chi connectivity index (χ4n) is 2.22. The number of anilines is 1. The van der Waals surface area contributed by atoms with Crippen molar-refractivity contribution in [3.63, 3.8) is 0 Å². The molecule has 0 unspecified atom stereocenters. The van der Waals surface area contributed by atoms with Crippen LogP contribution in [-0.4, -0.2) is 4.57 Å². The maximum Gasteiger partial charge on any atom is 0.125 e. The summed E-state index contributed by atoms with van der Waals surface area (Å²) in [4.78, 5) is 0. The number of benzene rings is 2. The molecule has 4 heteroatoms. The van der Waals surface area contributed by atoms with Gasteiger partial charge in [0.2, 0.25) is 0 Å². The standard InChI is InChI=1S/C15H12BrFN2/c16-13-2-1-3-15-12(13)6-7-19(15)9-10-4-5-11(17)8-14(10)18/h1-8H,9,18H2. The molecule has 0 saturated heterocycles. The summed E-state index contributed by atoms with van der Waals surface area (Å²) in [6.07, 6.45) is 2.01. The lowest BCUT2D eigenvalue weighted by Crippen LogP contribution is -2.02. The Kier molecular flexibility index (Phi) is 3.03. The van der Waals surface area contributed by atoms with Crippen LogP contribution in [0.5, 0.6) is 0 Å². The number of hydrogen-bond donors (Lipinski definition) is 1. The monoisotopic (exact) mass is 318 g/mol. The lowest BCUT2D eigenvalue weighted by atomic mass is 10.1. The van der Waals surface area contributed by atoms with Gasteiger partial charge in [-0.15, -0.1) is 0 Å². The first kappa shape index (κ1) is 12.2. The van der Waals surface area contributed by atoms with Crippen molar-refractivity contribution in [2.24, 2.45) is 0 Å². The molecule has 0 fully saturated rings. The van der Waals surface area contributed by atoms with E-state index in [-0.39, 0.29) is 5.82 Å². The minimum atomic E-state index is -0.304. The van der Waals surface area contributed by atoms with Crippen molar-refractivity contribution in [3.05, 3.63) is 64.5 Å². The number of nitrogens with zero attached hydrogens (tertiary/aromatic N) is 1. The number of rotatable bonds is 2. The van der Waals surface area contributed by atoms with Crippen LogP contribution in [-0.2, 0) is 6.54 Å². The number of hydrogen-bond acceptors (Lipinski definition) is 1. The molecule has 0 spiro atoms. The van der Waals surface area contributed by atoms with Crippen LogP contribution in [0.2, 0.25) is 0 Å². The predicted octanol–water partition coefficient (Wildman–Crippen LogP) is 4.17. The number of halogens is 2. The Labute approximate surface area is 118 Å². The molecule has 3 aromatic rings. The Morgan fingerprint density at radius 2 is 2.00 bits per heavy atom. The van der Waals surface area contributed by atoms with Gasteiger partial charge in [0.25, 0.3) is 0 Å². The van der Waals surface area contributed by atoms with E-state index in [2.05, 4.69) is 32.6 Å². The molecule has 96 valence electrons. The van der Waals surface area contributed by atoms with E-state index >= 15 is 0 Å². The second-order valence-corrected chi connectivity index (χ2v) is 5.31. The van der Waals surface area contributed by atoms with E-state index in [1.54, 1.807) is 6.07 Å². The molecule has 0 radical (unpaired) electrons. The molecule has 0 aliphatic heterocycles. The van der Waals surface area contributed by atoms with Gasteiger partial charge in [0.05, 0.1) is 0 Å². The second kappa shape index (κ2) is 4.70. The highest BCUT2D eigenvalue weighted by Gasteiger charge is 2.06. The van der Waals surface area contributed by atoms with Gasteiger partial charge < -0.3 is 10.3 Å². The Bertz CT molecular complexity index is 749. The Morgan fingerprint density at radius 3 is 2.79 bits per heavy atom. The summed E-state index contributed by atoms with van der Waals surface area (Å²) >= 11 is 3.53. The van der Waals surface area contributed by atoms with E-state index < -0.39 is 0 Å². The van der Waals surface area contributed by atoms with Crippen molar-refractivity contribution >= 4 is 32.5 Å². The molecular formula is C15H12BrFN2. The van der Waals surface area contributed by atoms with Crippen LogP contribution < -0.4 is 5.73 Å². The van der Waals surface area contributed by atoms with Gasteiger partial charge in [0, 0.05) is 33.8 Å². The molecule has 0 aliphatic rings. The summed E-state index contributed by atoms with van der Waals surface area (Å²) in [5, 5.41) is 1.16. The minimum absolute atomic E-state index is 0.304. The lowest BCUT2D eigenvalue weighted by molar-refractivity contribution is 0.627. The van der Waals surface area contributed by atoms with Gasteiger partial charge in [0.15, 0.2) is 0 Å². The number of nitrogen functional groups attached to an aromatic ring is 1. The van der Waals surface area contributed by atoms with Crippen molar-refractivity contribution in [2.75, 3.05) is 5.73 Å². The van der Waals surface area contributed by atoms with Gasteiger partial charge in [-0.05, 0) is 35.9 Å². The summed E-state index contributed by atoms with van der Waals surface area (Å²) in [5.41, 5.74) is 8.37. The molecule has 19 heavy (non-hydrogen) atoms. The largest absolute Gasteiger partial charge is 0.398 e. The van der Waals surface area contributed by atoms with E-state index in [4.69, 9.17) is 5.73 Å². The molecule has 0 bridgehead atoms. The molecule has 0 saturated carbocycles. The molecule has 1 heterocycles. The summed E-state index contributed by atoms with van der Waals surface area (Å²) in [6, 6.07) is 12.6. The fourth-order valence-corrected chi connectivity index (χ4v) is 2.70. The van der Waals surface area contributed by atoms with Gasteiger partial charge in [-0.25, -0.2) is 4.39 Å². The quantitative estimate of drug-likeness (QED) is 0.706. The predicted molar refractivity (Wildman–Crippen MR) is 79.6 cm³/mol. The Hall–Kier alpha value is -1.81. The van der Waals surface area contributed by atoms with Crippen molar-refractivity contribution in [2.45, 2.75) is 6.54 Å². The van der Waals surface area contributed by atoms with Crippen LogP contribution >= 0.6 is 15.9 Å². The van der Waals surface area contributed by atoms with E-state index in [9.17, 15) is 4.39 Å². The summed E-state index contributed by atoms with van der Waals surface area (Å²) in [7, 11) is 0. The highest BCUT2D eigenvalue weighted by atomic mass is 79.9. The highest BCUT2D eigenvalue weighted by Crippen LogP contribution is 2.26. The van der Waals surface area contributed by atoms with Crippen LogP contribution in [0.15, 0.2) is 53.1 Å². The number of aromatic nitrogens is 1. The maximum absolute atomic E-state index is 13.0. The lowest BCUT2D eigenvalue weighted by Gasteiger charge is -2.09. The third-order valence-electron chi connectivity index (χ3n) is 3.21. The van der Waals surface area contributed by atoms with Crippen molar-refractivity contribution in [1.29, 1.82) is 0 Å². The second-order valence-electron chi connectivity index (χ2n) is 4.46. The molecule has 0 aliphatic carbocycles. The van der Waals surface area contributed by atoms with Crippen molar-refractivity contribution in [1.82, 2.24) is 4.57 Å². The first-order valence-corrected chi connectivity index (χ1v) is 6.72. The van der Waals surface area contributed by atoms with Crippen molar-refractivity contribution in [3.8, 4) is 0 Å². The zero-order valence-corrected chi connectivity index (χ0v) is 11.7. The molecule has 2 aromatic carbocycles. The fraction of sp³-hybridized carbons (Fsp3) is 0.0667. The summed E-state index contributed by atoms with van der Waals surface area (Å²) in [6.45, 7) is 0.631. The number of nitrogens with two attached hydrogens (primary N) is 1. The maximum atomic E-state index is 13.0. The zero-order valence-electron chi connectivity index (χ0n) is 10.1. The average Bonchev–Trinajstić information content (AvgIpc) is 2.78. The average molecular weight is 319 g/mol. The van der Waals surface area contributed by atoms with E-state index in [0.717, 1.165) is 20.9 Å². The minimum Gasteiger partial charge on any atom is -0.398 e. The van der Waals surface area contributed by atoms with Gasteiger partial charge in [-0.2, -0.15) is 0 Å². The van der Waals surface area contributed by atoms with Gasteiger partial charge in [-0.1, -0.05) is 28.1 Å². The number of fused-ring (bicyclic) bond motifs is 1. The molecule has 3 rings (SSSR count). The zero-order chi connectivity index (χ0) is 13.4. The first-order chi connectivity index (χ1) is 9.15. The van der Waals surface area contributed by atoms with Crippen molar-refractivity contribution < 1.29 is 4.39 Å². The van der Waals surface area contributed by atoms with Gasteiger partial charge in [0.1, 0.15) is 5.82 Å². The van der Waals surface area contributed by atoms with Crippen LogP contribution in [0.25, 0.3) is 10.9 Å². The molecule has 1 aromatic heterocycles. The van der Waals surface area contributed by atoms with E-state index in [0.29, 0.717) is 12.2 Å². The Balaban J connectivity index is 2.04. The smallest absolute Gasteiger partial charge is 0.125 e. The van der Waals surface area contributed by atoms with E-state index in [1.165, 1.54) is 12.1 Å². The topological polar surface area (TPSA) is 30.9 Å². The van der Waals surface area contributed by atoms with Crippen LogP contribution in [0.4, 0.5) is 10.1 Å².